The number of hydrogen-bond donors (Lipinski definition) is 0. The fourth-order valence-corrected chi connectivity index (χ4v) is 1.17. The summed E-state index contributed by atoms with van der Waals surface area (Å²) >= 11 is 0. The van der Waals surface area contributed by atoms with Crippen LogP contribution in [0.4, 0.5) is 0 Å². The Morgan fingerprint density at radius 3 is 2.79 bits per heavy atom. The van der Waals surface area contributed by atoms with Crippen molar-refractivity contribution in [1.82, 2.24) is 0 Å². The summed E-state index contributed by atoms with van der Waals surface area (Å²) in [6.45, 7) is 4.33. The van der Waals surface area contributed by atoms with Gasteiger partial charge < -0.3 is 4.74 Å². The second-order valence-corrected chi connectivity index (χ2v) is 2.85. The summed E-state index contributed by atoms with van der Waals surface area (Å²) in [6.07, 6.45) is 0. The lowest BCUT2D eigenvalue weighted by Gasteiger charge is -2.06. The Kier molecular flexibility index (Phi) is 3.24. The first-order valence-electron chi connectivity index (χ1n) is 4.37. The third-order valence-electron chi connectivity index (χ3n) is 1.84. The molecule has 0 atom stereocenters. The number of ether oxygens (including phenoxy) is 1. The number of Topliss-reactive ketones (excluding diaryl/α,β-unsaturated/α-hetero) is 1. The second-order valence-electron chi connectivity index (χ2n) is 2.85. The van der Waals surface area contributed by atoms with Gasteiger partial charge in [0.2, 0.25) is 0 Å². The maximum absolute atomic E-state index is 11.0. The predicted molar refractivity (Wildman–Crippen MR) is 52.3 cm³/mol. The van der Waals surface area contributed by atoms with Gasteiger partial charge in [-0.2, -0.15) is 5.26 Å². The van der Waals surface area contributed by atoms with Gasteiger partial charge in [-0.1, -0.05) is 0 Å². The number of carbonyl (C=O) groups excluding carboxylic acids is 1. The average Bonchev–Trinajstić information content (AvgIpc) is 2.20. The predicted octanol–water partition coefficient (Wildman–Crippen LogP) is 2.10. The van der Waals surface area contributed by atoms with Gasteiger partial charge in [0.1, 0.15) is 11.8 Å². The van der Waals surface area contributed by atoms with Gasteiger partial charge in [0.15, 0.2) is 0 Å². The van der Waals surface area contributed by atoms with Crippen LogP contribution in [0.25, 0.3) is 0 Å². The molecule has 1 rings (SSSR count). The number of ketones is 1. The van der Waals surface area contributed by atoms with E-state index >= 15 is 0 Å². The number of rotatable bonds is 3. The summed E-state index contributed by atoms with van der Waals surface area (Å²) < 4.78 is 5.31. The Morgan fingerprint density at radius 2 is 2.29 bits per heavy atom. The van der Waals surface area contributed by atoms with E-state index in [4.69, 9.17) is 10.00 Å². The molecule has 3 heteroatoms. The summed E-state index contributed by atoms with van der Waals surface area (Å²) in [5.74, 6) is 0.234. The number of aryl methyl sites for hydroxylation is 1. The summed E-state index contributed by atoms with van der Waals surface area (Å²) in [6, 6.07) is 6.56. The van der Waals surface area contributed by atoms with Crippen molar-refractivity contribution in [3.63, 3.8) is 0 Å². The monoisotopic (exact) mass is 189 g/mol. The van der Waals surface area contributed by atoms with Gasteiger partial charge in [-0.05, 0) is 37.6 Å². The van der Waals surface area contributed by atoms with Crippen molar-refractivity contribution in [1.29, 1.82) is 5.26 Å². The Bertz CT molecular complexity index is 391. The van der Waals surface area contributed by atoms with Crippen LogP contribution in [0.3, 0.4) is 0 Å². The molecular weight excluding hydrogens is 178 g/mol. The first kappa shape index (κ1) is 10.3. The van der Waals surface area contributed by atoms with Gasteiger partial charge >= 0.3 is 0 Å². The lowest BCUT2D eigenvalue weighted by atomic mass is 10.1. The van der Waals surface area contributed by atoms with Crippen LogP contribution < -0.4 is 4.74 Å². The van der Waals surface area contributed by atoms with Crippen molar-refractivity contribution >= 4 is 5.78 Å². The van der Waals surface area contributed by atoms with Gasteiger partial charge in [-0.25, -0.2) is 0 Å². The lowest BCUT2D eigenvalue weighted by Crippen LogP contribution is -1.98. The lowest BCUT2D eigenvalue weighted by molar-refractivity contribution is 0.105. The van der Waals surface area contributed by atoms with E-state index in [1.807, 2.05) is 13.8 Å². The van der Waals surface area contributed by atoms with E-state index in [1.54, 1.807) is 24.3 Å². The normalized spacial score (nSPS) is 9.21. The van der Waals surface area contributed by atoms with E-state index in [9.17, 15) is 4.79 Å². The molecule has 0 aromatic heterocycles. The molecule has 0 bridgehead atoms. The molecule has 0 amide bonds. The summed E-state index contributed by atoms with van der Waals surface area (Å²) in [7, 11) is 0. The fourth-order valence-electron chi connectivity index (χ4n) is 1.17. The van der Waals surface area contributed by atoms with Crippen LogP contribution in [0, 0.1) is 18.3 Å². The highest BCUT2D eigenvalue weighted by molar-refractivity contribution is 6.07. The first-order valence-corrected chi connectivity index (χ1v) is 4.37. The second kappa shape index (κ2) is 4.43. The number of benzene rings is 1. The quantitative estimate of drug-likeness (QED) is 0.540. The van der Waals surface area contributed by atoms with Crippen molar-refractivity contribution in [3.8, 4) is 11.8 Å². The van der Waals surface area contributed by atoms with Crippen LogP contribution in [0.5, 0.6) is 5.75 Å². The van der Waals surface area contributed by atoms with Gasteiger partial charge in [0.05, 0.1) is 6.61 Å². The Balaban J connectivity index is 3.01. The van der Waals surface area contributed by atoms with Gasteiger partial charge in [-0.3, -0.25) is 4.79 Å². The molecule has 0 unspecified atom stereocenters. The van der Waals surface area contributed by atoms with Gasteiger partial charge in [0.25, 0.3) is 5.78 Å². The van der Waals surface area contributed by atoms with Gasteiger partial charge in [-0.15, -0.1) is 0 Å². The molecule has 3 nitrogen and oxygen atoms in total. The zero-order chi connectivity index (χ0) is 10.6. The highest BCUT2D eigenvalue weighted by Gasteiger charge is 2.06. The highest BCUT2D eigenvalue weighted by Crippen LogP contribution is 2.19. The Morgan fingerprint density at radius 1 is 1.57 bits per heavy atom. The number of nitrogens with zero attached hydrogens (tertiary/aromatic N) is 1. The largest absolute Gasteiger partial charge is 0.494 e. The molecule has 1 aromatic carbocycles. The molecule has 0 aliphatic carbocycles. The van der Waals surface area contributed by atoms with E-state index in [0.29, 0.717) is 12.2 Å². The maximum atomic E-state index is 11.0. The fraction of sp³-hybridized carbons (Fsp3) is 0.273. The molecule has 0 aliphatic heterocycles. The topological polar surface area (TPSA) is 50.1 Å². The first-order chi connectivity index (χ1) is 6.69. The molecule has 1 aromatic rings. The van der Waals surface area contributed by atoms with Crippen LogP contribution in [-0.4, -0.2) is 12.4 Å². The zero-order valence-electron chi connectivity index (χ0n) is 8.20. The molecule has 72 valence electrons. The molecule has 0 aliphatic rings. The van der Waals surface area contributed by atoms with E-state index in [-0.39, 0.29) is 0 Å². The Labute approximate surface area is 82.9 Å². The van der Waals surface area contributed by atoms with Crippen molar-refractivity contribution in [3.05, 3.63) is 29.3 Å². The SMILES string of the molecule is CCOc1ccc(C(=O)C#N)cc1C. The number of nitriles is 1. The van der Waals surface area contributed by atoms with Crippen LogP contribution >= 0.6 is 0 Å². The van der Waals surface area contributed by atoms with Crippen molar-refractivity contribution in [2.45, 2.75) is 13.8 Å². The van der Waals surface area contributed by atoms with Crippen LogP contribution in [-0.2, 0) is 0 Å². The molecule has 0 fully saturated rings. The number of hydrogen-bond acceptors (Lipinski definition) is 3. The zero-order valence-corrected chi connectivity index (χ0v) is 8.20. The minimum Gasteiger partial charge on any atom is -0.494 e. The summed E-state index contributed by atoms with van der Waals surface area (Å²) in [4.78, 5) is 11.0. The van der Waals surface area contributed by atoms with Crippen LogP contribution in [0.15, 0.2) is 18.2 Å². The van der Waals surface area contributed by atoms with Crippen LogP contribution in [0.2, 0.25) is 0 Å². The van der Waals surface area contributed by atoms with E-state index in [2.05, 4.69) is 0 Å². The summed E-state index contributed by atoms with van der Waals surface area (Å²) in [5, 5.41) is 8.42. The molecule has 0 heterocycles. The average molecular weight is 189 g/mol. The third kappa shape index (κ3) is 2.11. The van der Waals surface area contributed by atoms with Crippen LogP contribution in [0.1, 0.15) is 22.8 Å². The highest BCUT2D eigenvalue weighted by atomic mass is 16.5. The van der Waals surface area contributed by atoms with Crippen molar-refractivity contribution in [2.75, 3.05) is 6.61 Å². The molecule has 14 heavy (non-hydrogen) atoms. The minimum atomic E-state index is -0.517. The van der Waals surface area contributed by atoms with E-state index < -0.39 is 5.78 Å². The standard InChI is InChI=1S/C11H11NO2/c1-3-14-11-5-4-9(6-8(11)2)10(13)7-12/h4-6H,3H2,1-2H3. The van der Waals surface area contributed by atoms with E-state index in [0.717, 1.165) is 11.3 Å². The Hall–Kier alpha value is -1.82. The maximum Gasteiger partial charge on any atom is 0.262 e. The smallest absolute Gasteiger partial charge is 0.262 e. The molecule has 0 spiro atoms. The minimum absolute atomic E-state index is 0.411. The molecule has 0 radical (unpaired) electrons. The number of carbonyl (C=O) groups is 1. The third-order valence-corrected chi connectivity index (χ3v) is 1.84. The van der Waals surface area contributed by atoms with Gasteiger partial charge in [0, 0.05) is 5.56 Å². The van der Waals surface area contributed by atoms with Crippen molar-refractivity contribution < 1.29 is 9.53 Å². The molecule has 0 N–H and O–H groups in total. The summed E-state index contributed by atoms with van der Waals surface area (Å²) in [5.41, 5.74) is 1.28. The molecule has 0 saturated heterocycles. The van der Waals surface area contributed by atoms with Crippen molar-refractivity contribution in [2.24, 2.45) is 0 Å². The molecular formula is C11H11NO2. The van der Waals surface area contributed by atoms with E-state index in [1.165, 1.54) is 0 Å². The molecule has 0 saturated carbocycles.